The average Bonchev–Trinajstić information content (AvgIpc) is 2.88. The number of hydrogen-bond donors (Lipinski definition) is 1. The number of H-pyrrole nitrogens is 1. The number of nitrogens with one attached hydrogen (secondary N) is 1. The van der Waals surface area contributed by atoms with Gasteiger partial charge in [-0.3, -0.25) is 0 Å². The van der Waals surface area contributed by atoms with Crippen molar-refractivity contribution in [3.8, 4) is 0 Å². The van der Waals surface area contributed by atoms with Gasteiger partial charge in [-0.05, 0) is 37.5 Å². The molecule has 5 heteroatoms. The minimum Gasteiger partial charge on any atom is -0.352 e. The maximum Gasteiger partial charge on any atom is 0.135 e. The summed E-state index contributed by atoms with van der Waals surface area (Å²) >= 11 is 0. The molecule has 0 aliphatic heterocycles. The molecule has 0 atom stereocenters. The van der Waals surface area contributed by atoms with Crippen LogP contribution in [0.15, 0.2) is 24.4 Å². The smallest absolute Gasteiger partial charge is 0.135 e. The van der Waals surface area contributed by atoms with Gasteiger partial charge >= 0.3 is 0 Å². The molecule has 0 saturated carbocycles. The van der Waals surface area contributed by atoms with Gasteiger partial charge in [0, 0.05) is 18.8 Å². The van der Waals surface area contributed by atoms with Gasteiger partial charge in [0.1, 0.15) is 17.5 Å². The van der Waals surface area contributed by atoms with E-state index in [-0.39, 0.29) is 0 Å². The first-order chi connectivity index (χ1) is 10.9. The van der Waals surface area contributed by atoms with Crippen molar-refractivity contribution in [2.24, 2.45) is 0 Å². The largest absolute Gasteiger partial charge is 0.352 e. The van der Waals surface area contributed by atoms with Crippen LogP contribution in [0, 0.1) is 13.8 Å². The number of rotatable bonds is 4. The lowest BCUT2D eigenvalue weighted by Crippen LogP contribution is -2.21. The summed E-state index contributed by atoms with van der Waals surface area (Å²) < 4.78 is 0. The fraction of sp³-hybridized carbons (Fsp3) is 0.389. The minimum absolute atomic E-state index is 0.381. The fourth-order valence-corrected chi connectivity index (χ4v) is 2.73. The molecule has 0 saturated heterocycles. The molecular weight excluding hydrogens is 286 g/mol. The van der Waals surface area contributed by atoms with Crippen molar-refractivity contribution in [3.05, 3.63) is 47.2 Å². The van der Waals surface area contributed by atoms with Crippen molar-refractivity contribution >= 4 is 16.9 Å². The summed E-state index contributed by atoms with van der Waals surface area (Å²) in [5.74, 6) is 3.09. The zero-order valence-electron chi connectivity index (χ0n) is 14.4. The zero-order chi connectivity index (χ0) is 16.6. The molecule has 0 radical (unpaired) electrons. The Morgan fingerprint density at radius 1 is 1.17 bits per heavy atom. The van der Waals surface area contributed by atoms with E-state index in [1.165, 1.54) is 5.56 Å². The van der Waals surface area contributed by atoms with Gasteiger partial charge in [0.25, 0.3) is 0 Å². The molecule has 1 aromatic carbocycles. The lowest BCUT2D eigenvalue weighted by Gasteiger charge is -2.21. The van der Waals surface area contributed by atoms with E-state index >= 15 is 0 Å². The monoisotopic (exact) mass is 309 g/mol. The molecular formula is C18H23N5. The standard InChI is InChI=1S/C18H23N5/c1-11(2)14-9-19-13(4)20-18(14)23(5)10-17-21-15-7-6-12(3)8-16(15)22-17/h6-9,11H,10H2,1-5H3,(H,21,22). The van der Waals surface area contributed by atoms with Crippen LogP contribution in [0.3, 0.4) is 0 Å². The first-order valence-electron chi connectivity index (χ1n) is 7.94. The van der Waals surface area contributed by atoms with Crippen molar-refractivity contribution in [2.45, 2.75) is 40.2 Å². The highest BCUT2D eigenvalue weighted by Crippen LogP contribution is 2.25. The Morgan fingerprint density at radius 3 is 2.70 bits per heavy atom. The Hall–Kier alpha value is -2.43. The van der Waals surface area contributed by atoms with Gasteiger partial charge in [0.2, 0.25) is 0 Å². The molecule has 2 aromatic heterocycles. The SMILES string of the molecule is Cc1ccc2nc(CN(C)c3nc(C)ncc3C(C)C)[nH]c2c1. The van der Waals surface area contributed by atoms with Crippen LogP contribution in [-0.4, -0.2) is 27.0 Å². The Balaban J connectivity index is 1.91. The van der Waals surface area contributed by atoms with Crippen molar-refractivity contribution in [3.63, 3.8) is 0 Å². The molecule has 0 fully saturated rings. The summed E-state index contributed by atoms with van der Waals surface area (Å²) in [6.45, 7) is 9.02. The van der Waals surface area contributed by atoms with Crippen LogP contribution in [0.5, 0.6) is 0 Å². The maximum absolute atomic E-state index is 4.68. The average molecular weight is 309 g/mol. The summed E-state index contributed by atoms with van der Waals surface area (Å²) in [5, 5.41) is 0. The van der Waals surface area contributed by atoms with Gasteiger partial charge in [-0.1, -0.05) is 19.9 Å². The molecule has 3 aromatic rings. The highest BCUT2D eigenvalue weighted by atomic mass is 15.2. The number of aromatic nitrogens is 4. The molecule has 0 bridgehead atoms. The number of aromatic amines is 1. The third kappa shape index (κ3) is 3.18. The number of aryl methyl sites for hydroxylation is 2. The Bertz CT molecular complexity index is 835. The number of imidazole rings is 1. The number of nitrogens with zero attached hydrogens (tertiary/aromatic N) is 4. The topological polar surface area (TPSA) is 57.7 Å². The quantitative estimate of drug-likeness (QED) is 0.798. The summed E-state index contributed by atoms with van der Waals surface area (Å²) in [5.41, 5.74) is 4.47. The second kappa shape index (κ2) is 5.99. The molecule has 0 spiro atoms. The van der Waals surface area contributed by atoms with Crippen LogP contribution >= 0.6 is 0 Å². The van der Waals surface area contributed by atoms with Crippen LogP contribution < -0.4 is 4.90 Å². The van der Waals surface area contributed by atoms with E-state index in [9.17, 15) is 0 Å². The van der Waals surface area contributed by atoms with Gasteiger partial charge < -0.3 is 9.88 Å². The van der Waals surface area contributed by atoms with E-state index < -0.39 is 0 Å². The van der Waals surface area contributed by atoms with Crippen LogP contribution in [-0.2, 0) is 6.54 Å². The summed E-state index contributed by atoms with van der Waals surface area (Å²) in [6.07, 6.45) is 1.93. The number of hydrogen-bond acceptors (Lipinski definition) is 4. The predicted octanol–water partition coefficient (Wildman–Crippen LogP) is 3.73. The molecule has 1 N–H and O–H groups in total. The zero-order valence-corrected chi connectivity index (χ0v) is 14.4. The van der Waals surface area contributed by atoms with Crippen molar-refractivity contribution in [2.75, 3.05) is 11.9 Å². The highest BCUT2D eigenvalue weighted by Gasteiger charge is 2.15. The van der Waals surface area contributed by atoms with Crippen LogP contribution in [0.4, 0.5) is 5.82 Å². The lowest BCUT2D eigenvalue weighted by atomic mass is 10.1. The second-order valence-corrected chi connectivity index (χ2v) is 6.41. The molecule has 0 aliphatic carbocycles. The molecule has 5 nitrogen and oxygen atoms in total. The molecule has 23 heavy (non-hydrogen) atoms. The van der Waals surface area contributed by atoms with Gasteiger partial charge in [0.05, 0.1) is 17.6 Å². The Morgan fingerprint density at radius 2 is 1.96 bits per heavy atom. The molecule has 0 unspecified atom stereocenters. The van der Waals surface area contributed by atoms with Crippen LogP contribution in [0.1, 0.15) is 42.5 Å². The van der Waals surface area contributed by atoms with E-state index in [1.807, 2.05) is 20.2 Å². The van der Waals surface area contributed by atoms with E-state index in [4.69, 9.17) is 0 Å². The fourth-order valence-electron chi connectivity index (χ4n) is 2.73. The molecule has 0 amide bonds. The van der Waals surface area contributed by atoms with E-state index in [1.54, 1.807) is 0 Å². The summed E-state index contributed by atoms with van der Waals surface area (Å²) in [4.78, 5) is 19.2. The van der Waals surface area contributed by atoms with Crippen LogP contribution in [0.2, 0.25) is 0 Å². The third-order valence-corrected chi connectivity index (χ3v) is 3.97. The van der Waals surface area contributed by atoms with E-state index in [0.717, 1.165) is 34.1 Å². The van der Waals surface area contributed by atoms with E-state index in [0.29, 0.717) is 12.5 Å². The summed E-state index contributed by atoms with van der Waals surface area (Å²) in [7, 11) is 2.05. The lowest BCUT2D eigenvalue weighted by molar-refractivity contribution is 0.785. The number of fused-ring (bicyclic) bond motifs is 1. The number of anilines is 1. The first kappa shape index (κ1) is 15.5. The minimum atomic E-state index is 0.381. The third-order valence-electron chi connectivity index (χ3n) is 3.97. The Labute approximate surface area is 136 Å². The highest BCUT2D eigenvalue weighted by molar-refractivity contribution is 5.75. The van der Waals surface area contributed by atoms with Gasteiger partial charge in [-0.25, -0.2) is 15.0 Å². The molecule has 3 rings (SSSR count). The summed E-state index contributed by atoms with van der Waals surface area (Å²) in [6, 6.07) is 6.26. The van der Waals surface area contributed by atoms with Crippen LogP contribution in [0.25, 0.3) is 11.0 Å². The van der Waals surface area contributed by atoms with E-state index in [2.05, 4.69) is 63.8 Å². The van der Waals surface area contributed by atoms with Crippen molar-refractivity contribution in [1.29, 1.82) is 0 Å². The normalized spacial score (nSPS) is 11.4. The van der Waals surface area contributed by atoms with Gasteiger partial charge in [-0.15, -0.1) is 0 Å². The number of benzene rings is 1. The van der Waals surface area contributed by atoms with Crippen molar-refractivity contribution in [1.82, 2.24) is 19.9 Å². The molecule has 0 aliphatic rings. The molecule has 2 heterocycles. The van der Waals surface area contributed by atoms with Gasteiger partial charge in [-0.2, -0.15) is 0 Å². The predicted molar refractivity (Wildman–Crippen MR) is 93.8 cm³/mol. The van der Waals surface area contributed by atoms with Gasteiger partial charge in [0.15, 0.2) is 0 Å². The first-order valence-corrected chi connectivity index (χ1v) is 7.94. The molecule has 120 valence electrons. The van der Waals surface area contributed by atoms with Crippen molar-refractivity contribution < 1.29 is 0 Å². The Kier molecular flexibility index (Phi) is 4.03. The maximum atomic E-state index is 4.68. The second-order valence-electron chi connectivity index (χ2n) is 6.41.